The maximum Gasteiger partial charge on any atom is 0.246 e. The third-order valence-corrected chi connectivity index (χ3v) is 5.12. The quantitative estimate of drug-likeness (QED) is 0.712. The Morgan fingerprint density at radius 2 is 1.89 bits per heavy atom. The summed E-state index contributed by atoms with van der Waals surface area (Å²) in [6.45, 7) is 3.90. The van der Waals surface area contributed by atoms with E-state index in [1.165, 1.54) is 20.0 Å². The van der Waals surface area contributed by atoms with Crippen LogP contribution < -0.4 is 4.74 Å². The zero-order chi connectivity index (χ0) is 19.1. The van der Waals surface area contributed by atoms with Crippen LogP contribution in [0.15, 0.2) is 24.3 Å². The summed E-state index contributed by atoms with van der Waals surface area (Å²) >= 11 is 0. The third-order valence-electron chi connectivity index (χ3n) is 5.12. The molecule has 6 heteroatoms. The fourth-order valence-electron chi connectivity index (χ4n) is 3.40. The monoisotopic (exact) mass is 396 g/mol. The van der Waals surface area contributed by atoms with E-state index in [2.05, 4.69) is 11.8 Å². The van der Waals surface area contributed by atoms with Gasteiger partial charge in [-0.3, -0.25) is 4.79 Å². The molecule has 1 aliphatic carbocycles. The van der Waals surface area contributed by atoms with E-state index >= 15 is 0 Å². The van der Waals surface area contributed by atoms with Crippen molar-refractivity contribution in [2.24, 2.45) is 5.92 Å². The number of phenolic OH excluding ortho intramolecular Hbond substituents is 1. The molecule has 1 fully saturated rings. The first kappa shape index (κ1) is 23.3. The molecule has 5 nitrogen and oxygen atoms in total. The molecule has 2 rings (SSSR count). The van der Waals surface area contributed by atoms with E-state index in [4.69, 9.17) is 4.74 Å². The number of halogens is 1. The Morgan fingerprint density at radius 3 is 2.48 bits per heavy atom. The van der Waals surface area contributed by atoms with Gasteiger partial charge in [-0.25, -0.2) is 0 Å². The summed E-state index contributed by atoms with van der Waals surface area (Å²) in [5.74, 6) is 1.32. The number of amides is 1. The summed E-state index contributed by atoms with van der Waals surface area (Å²) in [6.07, 6.45) is 7.98. The lowest BCUT2D eigenvalue weighted by Gasteiger charge is -2.36. The largest absolute Gasteiger partial charge is 0.504 e. The van der Waals surface area contributed by atoms with Crippen molar-refractivity contribution in [2.75, 3.05) is 34.3 Å². The van der Waals surface area contributed by atoms with Gasteiger partial charge in [0.25, 0.3) is 0 Å². The van der Waals surface area contributed by atoms with Crippen molar-refractivity contribution in [2.45, 2.75) is 38.6 Å². The van der Waals surface area contributed by atoms with Gasteiger partial charge in [0.2, 0.25) is 5.91 Å². The maximum absolute atomic E-state index is 12.9. The lowest BCUT2D eigenvalue weighted by atomic mass is 9.86. The average Bonchev–Trinajstić information content (AvgIpc) is 2.62. The van der Waals surface area contributed by atoms with Crippen LogP contribution in [0, 0.1) is 5.92 Å². The number of likely N-dealkylation sites (N-methyl/N-ethyl adjacent to an activating group) is 1. The van der Waals surface area contributed by atoms with Crippen LogP contribution in [-0.2, 0) is 4.79 Å². The van der Waals surface area contributed by atoms with Gasteiger partial charge in [0.15, 0.2) is 11.5 Å². The summed E-state index contributed by atoms with van der Waals surface area (Å²) < 4.78 is 5.13. The highest BCUT2D eigenvalue weighted by Gasteiger charge is 2.26. The van der Waals surface area contributed by atoms with Gasteiger partial charge in [0, 0.05) is 25.2 Å². The minimum atomic E-state index is 0. The molecule has 152 valence electrons. The Kier molecular flexibility index (Phi) is 9.67. The number of carbonyl (C=O) groups excluding carboxylic acids is 1. The fraction of sp³-hybridized carbons (Fsp3) is 0.571. The molecule has 1 saturated carbocycles. The summed E-state index contributed by atoms with van der Waals surface area (Å²) in [7, 11) is 5.58. The molecule has 27 heavy (non-hydrogen) atoms. The molecule has 0 heterocycles. The van der Waals surface area contributed by atoms with E-state index in [0.29, 0.717) is 11.8 Å². The van der Waals surface area contributed by atoms with Crippen LogP contribution in [0.2, 0.25) is 0 Å². The van der Waals surface area contributed by atoms with Gasteiger partial charge in [-0.15, -0.1) is 12.4 Å². The van der Waals surface area contributed by atoms with Gasteiger partial charge in [-0.2, -0.15) is 0 Å². The van der Waals surface area contributed by atoms with E-state index in [0.717, 1.165) is 37.4 Å². The van der Waals surface area contributed by atoms with Crippen LogP contribution in [0.25, 0.3) is 6.08 Å². The first-order valence-corrected chi connectivity index (χ1v) is 9.41. The van der Waals surface area contributed by atoms with E-state index in [1.54, 1.807) is 30.4 Å². The second-order valence-electron chi connectivity index (χ2n) is 7.51. The fourth-order valence-corrected chi connectivity index (χ4v) is 3.40. The Labute approximate surface area is 169 Å². The van der Waals surface area contributed by atoms with Crippen LogP contribution in [0.3, 0.4) is 0 Å². The Hall–Kier alpha value is -1.72. The number of rotatable bonds is 7. The predicted molar refractivity (Wildman–Crippen MR) is 113 cm³/mol. The molecule has 1 aliphatic rings. The van der Waals surface area contributed by atoms with Gasteiger partial charge in [0.05, 0.1) is 7.11 Å². The first-order chi connectivity index (χ1) is 12.4. The minimum Gasteiger partial charge on any atom is -0.504 e. The lowest BCUT2D eigenvalue weighted by molar-refractivity contribution is -0.129. The predicted octanol–water partition coefficient (Wildman–Crippen LogP) is 3.80. The van der Waals surface area contributed by atoms with Gasteiger partial charge in [0.1, 0.15) is 0 Å². The Bertz CT molecular complexity index is 626. The van der Waals surface area contributed by atoms with Crippen molar-refractivity contribution in [1.29, 1.82) is 0 Å². The highest BCUT2D eigenvalue weighted by Crippen LogP contribution is 2.28. The normalized spacial score (nSPS) is 19.7. The zero-order valence-electron chi connectivity index (χ0n) is 16.9. The van der Waals surface area contributed by atoms with Gasteiger partial charge >= 0.3 is 0 Å². The van der Waals surface area contributed by atoms with Crippen molar-refractivity contribution < 1.29 is 14.6 Å². The molecule has 1 N–H and O–H groups in total. The molecular weight excluding hydrogens is 364 g/mol. The average molecular weight is 397 g/mol. The Balaban J connectivity index is 0.00000364. The summed E-state index contributed by atoms with van der Waals surface area (Å²) in [5, 5.41) is 9.69. The molecule has 0 saturated heterocycles. The second kappa shape index (κ2) is 11.2. The number of hydrogen-bond acceptors (Lipinski definition) is 4. The van der Waals surface area contributed by atoms with Crippen LogP contribution in [-0.4, -0.2) is 61.2 Å². The van der Waals surface area contributed by atoms with Crippen molar-refractivity contribution in [3.05, 3.63) is 29.8 Å². The molecule has 0 spiro atoms. The summed E-state index contributed by atoms with van der Waals surface area (Å²) in [4.78, 5) is 17.0. The highest BCUT2D eigenvalue weighted by atomic mass is 35.5. The molecule has 1 amide bonds. The summed E-state index contributed by atoms with van der Waals surface area (Å²) in [5.41, 5.74) is 0.831. The van der Waals surface area contributed by atoms with Gasteiger partial charge in [-0.1, -0.05) is 13.0 Å². The SMILES string of the molecule is COc1cc(C=CC(=O)N(CCN(C)C)[C@H]2CC[C@@H](C)CC2)ccc1O.Cl. The molecule has 0 aliphatic heterocycles. The van der Waals surface area contributed by atoms with E-state index in [-0.39, 0.29) is 24.1 Å². The number of hydrogen-bond donors (Lipinski definition) is 1. The smallest absolute Gasteiger partial charge is 0.246 e. The highest BCUT2D eigenvalue weighted by molar-refractivity contribution is 5.92. The molecule has 0 unspecified atom stereocenters. The second-order valence-corrected chi connectivity index (χ2v) is 7.51. The van der Waals surface area contributed by atoms with E-state index in [9.17, 15) is 9.90 Å². The number of phenols is 1. The number of methoxy groups -OCH3 is 1. The van der Waals surface area contributed by atoms with Gasteiger partial charge in [-0.05, 0) is 69.5 Å². The number of ether oxygens (including phenoxy) is 1. The lowest BCUT2D eigenvalue weighted by Crippen LogP contribution is -2.44. The molecular formula is C21H33ClN2O3. The molecule has 0 radical (unpaired) electrons. The molecule has 1 aromatic rings. The van der Waals surface area contributed by atoms with Gasteiger partial charge < -0.3 is 19.6 Å². The van der Waals surface area contributed by atoms with Crippen molar-refractivity contribution in [3.63, 3.8) is 0 Å². The van der Waals surface area contributed by atoms with Crippen molar-refractivity contribution >= 4 is 24.4 Å². The number of carbonyl (C=O) groups is 1. The number of nitrogens with zero attached hydrogens (tertiary/aromatic N) is 2. The van der Waals surface area contributed by atoms with Crippen LogP contribution in [0.5, 0.6) is 11.5 Å². The standard InChI is InChI=1S/C21H32N2O3.ClH/c1-16-5-9-18(10-6-16)23(14-13-22(2)3)21(25)12-8-17-7-11-19(24)20(15-17)26-4;/h7-8,11-12,15-16,18,24H,5-6,9-10,13-14H2,1-4H3;1H/t16-,18+;. The molecule has 0 aromatic heterocycles. The maximum atomic E-state index is 12.9. The van der Waals surface area contributed by atoms with Crippen LogP contribution in [0.4, 0.5) is 0 Å². The molecule has 0 atom stereocenters. The van der Waals surface area contributed by atoms with Crippen molar-refractivity contribution in [1.82, 2.24) is 9.80 Å². The minimum absolute atomic E-state index is 0. The Morgan fingerprint density at radius 1 is 1.22 bits per heavy atom. The number of benzene rings is 1. The van der Waals surface area contributed by atoms with E-state index in [1.807, 2.05) is 19.0 Å². The summed E-state index contributed by atoms with van der Waals surface area (Å²) in [6, 6.07) is 5.41. The topological polar surface area (TPSA) is 53.0 Å². The van der Waals surface area contributed by atoms with Crippen LogP contribution in [0.1, 0.15) is 38.2 Å². The van der Waals surface area contributed by atoms with Crippen molar-refractivity contribution in [3.8, 4) is 11.5 Å². The van der Waals surface area contributed by atoms with E-state index < -0.39 is 0 Å². The third kappa shape index (κ3) is 7.07. The first-order valence-electron chi connectivity index (χ1n) is 9.41. The number of aromatic hydroxyl groups is 1. The molecule has 1 aromatic carbocycles. The zero-order valence-corrected chi connectivity index (χ0v) is 17.7. The van der Waals surface area contributed by atoms with Crippen LogP contribution >= 0.6 is 12.4 Å². The molecule has 0 bridgehead atoms.